The smallest absolute Gasteiger partial charge is 0.191 e. The van der Waals surface area contributed by atoms with E-state index in [0.717, 1.165) is 11.3 Å². The van der Waals surface area contributed by atoms with Crippen molar-refractivity contribution < 1.29 is 9.13 Å². The number of aromatic nitrogens is 1. The van der Waals surface area contributed by atoms with Crippen LogP contribution in [0.3, 0.4) is 0 Å². The van der Waals surface area contributed by atoms with Crippen molar-refractivity contribution in [3.8, 4) is 5.75 Å². The van der Waals surface area contributed by atoms with Gasteiger partial charge in [-0.25, -0.2) is 4.39 Å². The van der Waals surface area contributed by atoms with Crippen molar-refractivity contribution in [3.63, 3.8) is 0 Å². The topological polar surface area (TPSA) is 58.5 Å². The summed E-state index contributed by atoms with van der Waals surface area (Å²) in [6.07, 6.45) is 1.74. The average molecular weight is 430 g/mol. The Labute approximate surface area is 152 Å². The van der Waals surface area contributed by atoms with E-state index in [-0.39, 0.29) is 35.5 Å². The zero-order valence-electron chi connectivity index (χ0n) is 13.0. The van der Waals surface area contributed by atoms with Crippen LogP contribution in [0.15, 0.2) is 47.6 Å². The summed E-state index contributed by atoms with van der Waals surface area (Å²) in [6.45, 7) is 1.03. The molecule has 124 valence electrons. The third-order valence-corrected chi connectivity index (χ3v) is 3.06. The molecule has 0 bridgehead atoms. The molecule has 0 aliphatic heterocycles. The van der Waals surface area contributed by atoms with Crippen LogP contribution in [-0.4, -0.2) is 25.1 Å². The quantitative estimate of drug-likeness (QED) is 0.435. The van der Waals surface area contributed by atoms with Gasteiger partial charge >= 0.3 is 0 Å². The molecule has 1 aromatic heterocycles. The molecule has 2 aromatic rings. The fraction of sp³-hybridized carbons (Fsp3) is 0.250. The van der Waals surface area contributed by atoms with Crippen LogP contribution in [0, 0.1) is 5.82 Å². The third kappa shape index (κ3) is 6.01. The first-order valence-corrected chi connectivity index (χ1v) is 6.89. The molecule has 2 rings (SSSR count). The van der Waals surface area contributed by atoms with Crippen LogP contribution in [0.5, 0.6) is 5.75 Å². The monoisotopic (exact) mass is 430 g/mol. The second kappa shape index (κ2) is 9.98. The lowest BCUT2D eigenvalue weighted by molar-refractivity contribution is 0.386. The second-order valence-corrected chi connectivity index (χ2v) is 4.57. The van der Waals surface area contributed by atoms with Crippen molar-refractivity contribution in [1.29, 1.82) is 0 Å². The van der Waals surface area contributed by atoms with E-state index in [9.17, 15) is 4.39 Å². The SMILES string of the molecule is CN=C(NCc1ccc(OC)c(F)c1)NCc1ccccn1.I. The van der Waals surface area contributed by atoms with Crippen molar-refractivity contribution in [3.05, 3.63) is 59.7 Å². The van der Waals surface area contributed by atoms with Crippen LogP contribution in [0.1, 0.15) is 11.3 Å². The maximum atomic E-state index is 13.6. The highest BCUT2D eigenvalue weighted by Gasteiger charge is 2.04. The molecular formula is C16H20FIN4O. The van der Waals surface area contributed by atoms with Crippen molar-refractivity contribution in [2.75, 3.05) is 14.2 Å². The van der Waals surface area contributed by atoms with Gasteiger partial charge < -0.3 is 15.4 Å². The summed E-state index contributed by atoms with van der Waals surface area (Å²) >= 11 is 0. The van der Waals surface area contributed by atoms with E-state index in [1.54, 1.807) is 25.4 Å². The van der Waals surface area contributed by atoms with Gasteiger partial charge in [-0.15, -0.1) is 24.0 Å². The molecule has 0 radical (unpaired) electrons. The van der Waals surface area contributed by atoms with E-state index in [1.807, 2.05) is 18.2 Å². The van der Waals surface area contributed by atoms with Gasteiger partial charge in [0.05, 0.1) is 19.3 Å². The van der Waals surface area contributed by atoms with Crippen LogP contribution in [0.2, 0.25) is 0 Å². The summed E-state index contributed by atoms with van der Waals surface area (Å²) < 4.78 is 18.5. The van der Waals surface area contributed by atoms with Gasteiger partial charge in [0, 0.05) is 19.8 Å². The number of methoxy groups -OCH3 is 1. The van der Waals surface area contributed by atoms with Crippen molar-refractivity contribution in [2.24, 2.45) is 4.99 Å². The van der Waals surface area contributed by atoms with Crippen LogP contribution in [-0.2, 0) is 13.1 Å². The Balaban J connectivity index is 0.00000264. The van der Waals surface area contributed by atoms with E-state index in [4.69, 9.17) is 4.74 Å². The van der Waals surface area contributed by atoms with Gasteiger partial charge in [-0.2, -0.15) is 0 Å². The molecule has 0 fully saturated rings. The molecule has 23 heavy (non-hydrogen) atoms. The molecule has 0 spiro atoms. The van der Waals surface area contributed by atoms with Gasteiger partial charge in [0.15, 0.2) is 17.5 Å². The first-order valence-electron chi connectivity index (χ1n) is 6.89. The number of guanidine groups is 1. The minimum absolute atomic E-state index is 0. The lowest BCUT2D eigenvalue weighted by Crippen LogP contribution is -2.36. The average Bonchev–Trinajstić information content (AvgIpc) is 2.56. The summed E-state index contributed by atoms with van der Waals surface area (Å²) in [6, 6.07) is 10.6. The van der Waals surface area contributed by atoms with Crippen LogP contribution in [0.4, 0.5) is 4.39 Å². The van der Waals surface area contributed by atoms with E-state index in [1.165, 1.54) is 13.2 Å². The number of benzene rings is 1. The molecule has 2 N–H and O–H groups in total. The van der Waals surface area contributed by atoms with E-state index in [0.29, 0.717) is 19.0 Å². The normalized spacial score (nSPS) is 10.7. The highest BCUT2D eigenvalue weighted by atomic mass is 127. The molecule has 7 heteroatoms. The maximum absolute atomic E-state index is 13.6. The minimum Gasteiger partial charge on any atom is -0.494 e. The first-order chi connectivity index (χ1) is 10.7. The molecular weight excluding hydrogens is 410 g/mol. The fourth-order valence-electron chi connectivity index (χ4n) is 1.90. The molecule has 0 saturated carbocycles. The Morgan fingerprint density at radius 1 is 1.22 bits per heavy atom. The third-order valence-electron chi connectivity index (χ3n) is 3.06. The number of nitrogens with one attached hydrogen (secondary N) is 2. The predicted octanol–water partition coefficient (Wildman–Crippen LogP) is 2.71. The Morgan fingerprint density at radius 3 is 2.61 bits per heavy atom. The second-order valence-electron chi connectivity index (χ2n) is 4.57. The van der Waals surface area contributed by atoms with Gasteiger partial charge in [-0.05, 0) is 29.8 Å². The molecule has 0 aliphatic carbocycles. The number of hydrogen-bond donors (Lipinski definition) is 2. The summed E-state index contributed by atoms with van der Waals surface area (Å²) in [5.74, 6) is 0.488. The summed E-state index contributed by atoms with van der Waals surface area (Å²) in [5.41, 5.74) is 1.72. The van der Waals surface area contributed by atoms with Crippen LogP contribution in [0.25, 0.3) is 0 Å². The molecule has 0 amide bonds. The number of rotatable bonds is 5. The number of halogens is 2. The molecule has 0 unspecified atom stereocenters. The molecule has 0 aliphatic rings. The predicted molar refractivity (Wildman–Crippen MR) is 99.6 cm³/mol. The highest BCUT2D eigenvalue weighted by molar-refractivity contribution is 14.0. The molecule has 5 nitrogen and oxygen atoms in total. The Kier molecular flexibility index (Phi) is 8.31. The fourth-order valence-corrected chi connectivity index (χ4v) is 1.90. The number of nitrogens with zero attached hydrogens (tertiary/aromatic N) is 2. The number of hydrogen-bond acceptors (Lipinski definition) is 3. The van der Waals surface area contributed by atoms with Gasteiger partial charge in [0.25, 0.3) is 0 Å². The Bertz CT molecular complexity index is 637. The number of aliphatic imine (C=N–C) groups is 1. The molecule has 0 atom stereocenters. The van der Waals surface area contributed by atoms with Crippen molar-refractivity contribution in [1.82, 2.24) is 15.6 Å². The summed E-state index contributed by atoms with van der Waals surface area (Å²) in [7, 11) is 3.13. The Morgan fingerprint density at radius 2 is 2.00 bits per heavy atom. The standard InChI is InChI=1S/C16H19FN4O.HI/c1-18-16(21-11-13-5-3-4-8-19-13)20-10-12-6-7-15(22-2)14(17)9-12;/h3-9H,10-11H2,1-2H3,(H2,18,20,21);1H. The van der Waals surface area contributed by atoms with Crippen molar-refractivity contribution in [2.45, 2.75) is 13.1 Å². The van der Waals surface area contributed by atoms with Gasteiger partial charge in [0.2, 0.25) is 0 Å². The van der Waals surface area contributed by atoms with Gasteiger partial charge in [0.1, 0.15) is 0 Å². The highest BCUT2D eigenvalue weighted by Crippen LogP contribution is 2.17. The molecule has 0 saturated heterocycles. The zero-order valence-corrected chi connectivity index (χ0v) is 15.4. The van der Waals surface area contributed by atoms with E-state index in [2.05, 4.69) is 20.6 Å². The zero-order chi connectivity index (χ0) is 15.8. The lowest BCUT2D eigenvalue weighted by atomic mass is 10.2. The van der Waals surface area contributed by atoms with E-state index >= 15 is 0 Å². The summed E-state index contributed by atoms with van der Waals surface area (Å²) in [5, 5.41) is 6.28. The van der Waals surface area contributed by atoms with Gasteiger partial charge in [-0.3, -0.25) is 9.98 Å². The lowest BCUT2D eigenvalue weighted by Gasteiger charge is -2.12. The largest absolute Gasteiger partial charge is 0.494 e. The minimum atomic E-state index is -0.377. The first kappa shape index (κ1) is 19.1. The number of ether oxygens (including phenoxy) is 1. The molecule has 1 aromatic carbocycles. The van der Waals surface area contributed by atoms with E-state index < -0.39 is 0 Å². The maximum Gasteiger partial charge on any atom is 0.191 e. The molecule has 1 heterocycles. The van der Waals surface area contributed by atoms with Crippen LogP contribution >= 0.6 is 24.0 Å². The number of pyridine rings is 1. The van der Waals surface area contributed by atoms with Crippen molar-refractivity contribution >= 4 is 29.9 Å². The van der Waals surface area contributed by atoms with Crippen LogP contribution < -0.4 is 15.4 Å². The summed E-state index contributed by atoms with van der Waals surface area (Å²) in [4.78, 5) is 8.35. The van der Waals surface area contributed by atoms with Gasteiger partial charge in [-0.1, -0.05) is 12.1 Å². The Hall–Kier alpha value is -1.90.